The van der Waals surface area contributed by atoms with Gasteiger partial charge in [0.15, 0.2) is 0 Å². The number of hydrogen-bond donors (Lipinski definition) is 1. The first kappa shape index (κ1) is 17.0. The average Bonchev–Trinajstić information content (AvgIpc) is 2.30. The summed E-state index contributed by atoms with van der Waals surface area (Å²) >= 11 is 3.40. The molecule has 4 nitrogen and oxygen atoms in total. The number of nitrogens with one attached hydrogen (secondary N) is 1. The number of rotatable bonds is 5. The zero-order chi connectivity index (χ0) is 15.2. The largest absolute Gasteiger partial charge is 0.444 e. The van der Waals surface area contributed by atoms with E-state index in [4.69, 9.17) is 9.47 Å². The van der Waals surface area contributed by atoms with Crippen LogP contribution < -0.4 is 5.32 Å². The first-order valence-electron chi connectivity index (χ1n) is 6.53. The lowest BCUT2D eigenvalue weighted by atomic mass is 10.1. The van der Waals surface area contributed by atoms with Crippen LogP contribution in [-0.4, -0.2) is 31.5 Å². The van der Waals surface area contributed by atoms with Gasteiger partial charge in [0, 0.05) is 11.6 Å². The number of ether oxygens (including phenoxy) is 2. The fourth-order valence-corrected chi connectivity index (χ4v) is 2.00. The van der Waals surface area contributed by atoms with E-state index in [2.05, 4.69) is 21.2 Å². The molecule has 5 heteroatoms. The second kappa shape index (κ2) is 7.64. The maximum absolute atomic E-state index is 11.8. The molecule has 1 unspecified atom stereocenters. The molecule has 0 fully saturated rings. The number of amides is 1. The van der Waals surface area contributed by atoms with Gasteiger partial charge in [-0.3, -0.25) is 0 Å². The monoisotopic (exact) mass is 343 g/mol. The van der Waals surface area contributed by atoms with Crippen LogP contribution in [0.3, 0.4) is 0 Å². The number of methoxy groups -OCH3 is 1. The molecule has 1 rings (SSSR count). The Hall–Kier alpha value is -1.07. The zero-order valence-corrected chi connectivity index (χ0v) is 14.0. The summed E-state index contributed by atoms with van der Waals surface area (Å²) in [6, 6.07) is 7.88. The van der Waals surface area contributed by atoms with E-state index in [1.54, 1.807) is 7.11 Å². The van der Waals surface area contributed by atoms with Crippen molar-refractivity contribution in [3.8, 4) is 0 Å². The molecule has 20 heavy (non-hydrogen) atoms. The highest BCUT2D eigenvalue weighted by Crippen LogP contribution is 2.13. The van der Waals surface area contributed by atoms with Gasteiger partial charge in [-0.1, -0.05) is 28.1 Å². The molecule has 1 aromatic rings. The van der Waals surface area contributed by atoms with Gasteiger partial charge in [0.2, 0.25) is 0 Å². The van der Waals surface area contributed by atoms with E-state index < -0.39 is 11.7 Å². The van der Waals surface area contributed by atoms with Crippen molar-refractivity contribution in [1.82, 2.24) is 5.32 Å². The Morgan fingerprint density at radius 1 is 1.30 bits per heavy atom. The number of hydrogen-bond acceptors (Lipinski definition) is 3. The molecule has 0 spiro atoms. The third-order valence-electron chi connectivity index (χ3n) is 2.48. The minimum atomic E-state index is -0.501. The molecule has 0 saturated carbocycles. The standard InChI is InChI=1S/C15H22BrNO3/c1-15(2,3)20-14(18)17-13(10-19-4)9-11-5-7-12(16)8-6-11/h5-8,13H,9-10H2,1-4H3,(H,17,18). The lowest BCUT2D eigenvalue weighted by molar-refractivity contribution is 0.0469. The van der Waals surface area contributed by atoms with E-state index in [0.717, 1.165) is 10.0 Å². The summed E-state index contributed by atoms with van der Waals surface area (Å²) in [5.41, 5.74) is 0.630. The molecule has 1 atom stereocenters. The number of halogens is 1. The number of alkyl carbamates (subject to hydrolysis) is 1. The molecule has 1 amide bonds. The van der Waals surface area contributed by atoms with Gasteiger partial charge in [0.25, 0.3) is 0 Å². The first-order valence-corrected chi connectivity index (χ1v) is 7.32. The Morgan fingerprint density at radius 2 is 1.90 bits per heavy atom. The van der Waals surface area contributed by atoms with E-state index in [0.29, 0.717) is 13.0 Å². The Morgan fingerprint density at radius 3 is 2.40 bits per heavy atom. The van der Waals surface area contributed by atoms with Crippen molar-refractivity contribution < 1.29 is 14.3 Å². The summed E-state index contributed by atoms with van der Waals surface area (Å²) in [6.07, 6.45) is 0.275. The molecule has 0 saturated heterocycles. The molecular weight excluding hydrogens is 322 g/mol. The fraction of sp³-hybridized carbons (Fsp3) is 0.533. The van der Waals surface area contributed by atoms with Crippen molar-refractivity contribution in [3.05, 3.63) is 34.3 Å². The van der Waals surface area contributed by atoms with E-state index in [1.165, 1.54) is 0 Å². The molecular formula is C15H22BrNO3. The van der Waals surface area contributed by atoms with Crippen molar-refractivity contribution in [3.63, 3.8) is 0 Å². The SMILES string of the molecule is COCC(Cc1ccc(Br)cc1)NC(=O)OC(C)(C)C. The predicted octanol–water partition coefficient (Wildman–Crippen LogP) is 3.53. The quantitative estimate of drug-likeness (QED) is 0.889. The Bertz CT molecular complexity index is 426. The molecule has 112 valence electrons. The Balaban J connectivity index is 2.60. The molecule has 0 heterocycles. The molecule has 0 radical (unpaired) electrons. The normalized spacial score (nSPS) is 12.8. The lowest BCUT2D eigenvalue weighted by Crippen LogP contribution is -2.42. The lowest BCUT2D eigenvalue weighted by Gasteiger charge is -2.23. The Kier molecular flexibility index (Phi) is 6.49. The van der Waals surface area contributed by atoms with Crippen LogP contribution in [0.25, 0.3) is 0 Å². The molecule has 1 N–H and O–H groups in total. The van der Waals surface area contributed by atoms with E-state index in [9.17, 15) is 4.79 Å². The predicted molar refractivity (Wildman–Crippen MR) is 82.9 cm³/mol. The van der Waals surface area contributed by atoms with Crippen LogP contribution in [0.4, 0.5) is 4.79 Å². The van der Waals surface area contributed by atoms with Crippen molar-refractivity contribution in [2.75, 3.05) is 13.7 Å². The summed E-state index contributed by atoms with van der Waals surface area (Å²) in [4.78, 5) is 11.8. The van der Waals surface area contributed by atoms with Crippen molar-refractivity contribution in [2.45, 2.75) is 38.8 Å². The zero-order valence-electron chi connectivity index (χ0n) is 12.4. The van der Waals surface area contributed by atoms with Crippen LogP contribution in [-0.2, 0) is 15.9 Å². The molecule has 0 bridgehead atoms. The van der Waals surface area contributed by atoms with Crippen molar-refractivity contribution in [1.29, 1.82) is 0 Å². The van der Waals surface area contributed by atoms with Gasteiger partial charge in [-0.2, -0.15) is 0 Å². The molecule has 0 aliphatic heterocycles. The molecule has 0 aliphatic carbocycles. The van der Waals surface area contributed by atoms with Crippen molar-refractivity contribution in [2.24, 2.45) is 0 Å². The maximum Gasteiger partial charge on any atom is 0.407 e. The summed E-state index contributed by atoms with van der Waals surface area (Å²) < 4.78 is 11.4. The van der Waals surface area contributed by atoms with Crippen LogP contribution in [0.15, 0.2) is 28.7 Å². The summed E-state index contributed by atoms with van der Waals surface area (Å²) in [5, 5.41) is 2.84. The highest BCUT2D eigenvalue weighted by molar-refractivity contribution is 9.10. The highest BCUT2D eigenvalue weighted by Gasteiger charge is 2.19. The summed E-state index contributed by atoms with van der Waals surface area (Å²) in [7, 11) is 1.62. The Labute approximate surface area is 129 Å². The summed E-state index contributed by atoms with van der Waals surface area (Å²) in [6.45, 7) is 5.96. The fourth-order valence-electron chi connectivity index (χ4n) is 1.73. The van der Waals surface area contributed by atoms with Crippen LogP contribution >= 0.6 is 15.9 Å². The molecule has 0 aliphatic rings. The third kappa shape index (κ3) is 6.91. The minimum absolute atomic E-state index is 0.115. The topological polar surface area (TPSA) is 47.6 Å². The van der Waals surface area contributed by atoms with Gasteiger partial charge >= 0.3 is 6.09 Å². The molecule has 0 aromatic heterocycles. The van der Waals surface area contributed by atoms with Gasteiger partial charge in [-0.25, -0.2) is 4.79 Å². The van der Waals surface area contributed by atoms with Crippen LogP contribution in [0.2, 0.25) is 0 Å². The van der Waals surface area contributed by atoms with Gasteiger partial charge in [-0.05, 0) is 44.9 Å². The smallest absolute Gasteiger partial charge is 0.407 e. The van der Waals surface area contributed by atoms with E-state index in [1.807, 2.05) is 45.0 Å². The number of benzene rings is 1. The second-order valence-corrected chi connectivity index (χ2v) is 6.54. The second-order valence-electron chi connectivity index (χ2n) is 5.63. The van der Waals surface area contributed by atoms with E-state index >= 15 is 0 Å². The van der Waals surface area contributed by atoms with Crippen LogP contribution in [0.1, 0.15) is 26.3 Å². The van der Waals surface area contributed by atoms with Gasteiger partial charge in [-0.15, -0.1) is 0 Å². The van der Waals surface area contributed by atoms with Crippen LogP contribution in [0.5, 0.6) is 0 Å². The van der Waals surface area contributed by atoms with Gasteiger partial charge < -0.3 is 14.8 Å². The van der Waals surface area contributed by atoms with Crippen molar-refractivity contribution >= 4 is 22.0 Å². The minimum Gasteiger partial charge on any atom is -0.444 e. The number of carbonyl (C=O) groups is 1. The van der Waals surface area contributed by atoms with Gasteiger partial charge in [0.1, 0.15) is 5.60 Å². The summed E-state index contributed by atoms with van der Waals surface area (Å²) in [5.74, 6) is 0. The maximum atomic E-state index is 11.8. The average molecular weight is 344 g/mol. The number of carbonyl (C=O) groups excluding carboxylic acids is 1. The van der Waals surface area contributed by atoms with Crippen LogP contribution in [0, 0.1) is 0 Å². The van der Waals surface area contributed by atoms with E-state index in [-0.39, 0.29) is 6.04 Å². The molecule has 1 aromatic carbocycles. The van der Waals surface area contributed by atoms with Gasteiger partial charge in [0.05, 0.1) is 12.6 Å². The highest BCUT2D eigenvalue weighted by atomic mass is 79.9. The first-order chi connectivity index (χ1) is 9.30. The third-order valence-corrected chi connectivity index (χ3v) is 3.01.